The van der Waals surface area contributed by atoms with Crippen molar-refractivity contribution >= 4 is 22.9 Å². The number of nitrogens with zero attached hydrogens (tertiary/aromatic N) is 1. The summed E-state index contributed by atoms with van der Waals surface area (Å²) in [5.74, 6) is 0. The average molecular weight is 263 g/mol. The maximum atomic E-state index is 12.1. The molecule has 0 spiro atoms. The fraction of sp³-hybridized carbons (Fsp3) is 0.125. The highest BCUT2D eigenvalue weighted by Gasteiger charge is 2.24. The fourth-order valence-corrected chi connectivity index (χ4v) is 1.44. The van der Waals surface area contributed by atoms with Crippen LogP contribution in [-0.2, 0) is 6.32 Å². The minimum Gasteiger partial charge on any atom is -0.449 e. The lowest BCUT2D eigenvalue weighted by Gasteiger charge is -2.14. The summed E-state index contributed by atoms with van der Waals surface area (Å²) >= 11 is 3.09. The van der Waals surface area contributed by atoms with Crippen LogP contribution in [0.25, 0.3) is 0 Å². The number of benzene rings is 1. The lowest BCUT2D eigenvalue weighted by atomic mass is 9.80. The first-order valence-corrected chi connectivity index (χ1v) is 4.61. The highest BCUT2D eigenvalue weighted by Crippen LogP contribution is 2.21. The van der Waals surface area contributed by atoms with Gasteiger partial charge in [-0.2, -0.15) is 5.26 Å². The van der Waals surface area contributed by atoms with E-state index < -0.39 is 13.3 Å². The molecule has 0 fully saturated rings. The van der Waals surface area contributed by atoms with Crippen LogP contribution < -0.4 is 0 Å². The van der Waals surface area contributed by atoms with E-state index in [1.54, 1.807) is 6.07 Å². The molecule has 0 amide bonds. The van der Waals surface area contributed by atoms with Gasteiger partial charge in [0.05, 0.1) is 11.6 Å². The summed E-state index contributed by atoms with van der Waals surface area (Å²) in [7, 11) is 0. The standard InChI is InChI=1S/C8H5BBrF3N/c10-8-2-1-6(4-9(11,12)13)7(3-8)5-14/h1-3H,4H2/q-1. The molecule has 1 aromatic carbocycles. The number of halogens is 4. The van der Waals surface area contributed by atoms with E-state index in [-0.39, 0.29) is 11.1 Å². The number of rotatable bonds is 2. The Balaban J connectivity index is 3.05. The Hall–Kier alpha value is -0.955. The Morgan fingerprint density at radius 1 is 1.36 bits per heavy atom. The maximum Gasteiger partial charge on any atom is 0.482 e. The van der Waals surface area contributed by atoms with Gasteiger partial charge in [0.1, 0.15) is 0 Å². The predicted octanol–water partition coefficient (Wildman–Crippen LogP) is 3.25. The third kappa shape index (κ3) is 3.07. The lowest BCUT2D eigenvalue weighted by Crippen LogP contribution is -2.20. The monoisotopic (exact) mass is 262 g/mol. The topological polar surface area (TPSA) is 23.8 Å². The Morgan fingerprint density at radius 2 is 2.00 bits per heavy atom. The van der Waals surface area contributed by atoms with Crippen LogP contribution in [0.1, 0.15) is 11.1 Å². The fourth-order valence-electron chi connectivity index (χ4n) is 1.08. The summed E-state index contributed by atoms with van der Waals surface area (Å²) in [6.45, 7) is -4.89. The molecule has 0 aliphatic heterocycles. The van der Waals surface area contributed by atoms with E-state index in [9.17, 15) is 12.9 Å². The van der Waals surface area contributed by atoms with E-state index in [2.05, 4.69) is 15.9 Å². The minimum atomic E-state index is -4.89. The molecule has 0 aliphatic carbocycles. The van der Waals surface area contributed by atoms with Crippen molar-refractivity contribution < 1.29 is 12.9 Å². The van der Waals surface area contributed by atoms with Crippen molar-refractivity contribution in [3.8, 4) is 6.07 Å². The highest BCUT2D eigenvalue weighted by atomic mass is 79.9. The molecule has 6 heteroatoms. The number of nitriles is 1. The Bertz CT molecular complexity index is 383. The zero-order valence-electron chi connectivity index (χ0n) is 6.98. The van der Waals surface area contributed by atoms with E-state index in [1.807, 2.05) is 0 Å². The predicted molar refractivity (Wildman–Crippen MR) is 51.6 cm³/mol. The van der Waals surface area contributed by atoms with E-state index in [0.29, 0.717) is 4.47 Å². The van der Waals surface area contributed by atoms with Crippen molar-refractivity contribution in [2.75, 3.05) is 0 Å². The Morgan fingerprint density at radius 3 is 2.50 bits per heavy atom. The first kappa shape index (κ1) is 11.1. The molecule has 0 bridgehead atoms. The van der Waals surface area contributed by atoms with Crippen LogP contribution in [0.2, 0.25) is 0 Å². The van der Waals surface area contributed by atoms with E-state index in [0.717, 1.165) is 0 Å². The van der Waals surface area contributed by atoms with Gasteiger partial charge in [-0.25, -0.2) is 0 Å². The van der Waals surface area contributed by atoms with Gasteiger partial charge < -0.3 is 12.9 Å². The second-order valence-corrected chi connectivity index (χ2v) is 3.74. The SMILES string of the molecule is N#Cc1cc(Br)ccc1C[B-](F)(F)F. The maximum absolute atomic E-state index is 12.1. The lowest BCUT2D eigenvalue weighted by molar-refractivity contribution is 0.468. The van der Waals surface area contributed by atoms with Gasteiger partial charge in [0.15, 0.2) is 0 Å². The van der Waals surface area contributed by atoms with Gasteiger partial charge in [0.2, 0.25) is 0 Å². The van der Waals surface area contributed by atoms with Crippen molar-refractivity contribution in [2.45, 2.75) is 6.32 Å². The van der Waals surface area contributed by atoms with Crippen LogP contribution in [0.4, 0.5) is 12.9 Å². The van der Waals surface area contributed by atoms with Gasteiger partial charge in [-0.3, -0.25) is 0 Å². The molecule has 0 saturated heterocycles. The van der Waals surface area contributed by atoms with E-state index in [1.165, 1.54) is 18.2 Å². The molecule has 0 atom stereocenters. The van der Waals surface area contributed by atoms with Gasteiger partial charge in [-0.1, -0.05) is 33.9 Å². The van der Waals surface area contributed by atoms with E-state index >= 15 is 0 Å². The molecule has 0 N–H and O–H groups in total. The zero-order chi connectivity index (χ0) is 10.8. The van der Waals surface area contributed by atoms with Gasteiger partial charge in [0, 0.05) is 4.47 Å². The largest absolute Gasteiger partial charge is 0.482 e. The van der Waals surface area contributed by atoms with Gasteiger partial charge in [-0.05, 0) is 12.1 Å². The molecule has 0 heterocycles. The quantitative estimate of drug-likeness (QED) is 0.751. The summed E-state index contributed by atoms with van der Waals surface area (Å²) < 4.78 is 36.9. The van der Waals surface area contributed by atoms with Crippen LogP contribution in [0.3, 0.4) is 0 Å². The first-order valence-electron chi connectivity index (χ1n) is 3.82. The summed E-state index contributed by atoms with van der Waals surface area (Å²) in [5, 5.41) is 8.61. The van der Waals surface area contributed by atoms with Crippen LogP contribution in [0, 0.1) is 11.3 Å². The second kappa shape index (κ2) is 4.05. The van der Waals surface area contributed by atoms with Crippen molar-refractivity contribution in [1.82, 2.24) is 0 Å². The molecule has 0 radical (unpaired) electrons. The average Bonchev–Trinajstić information content (AvgIpc) is 2.06. The normalized spacial score (nSPS) is 11.1. The zero-order valence-corrected chi connectivity index (χ0v) is 8.56. The van der Waals surface area contributed by atoms with Crippen molar-refractivity contribution in [3.05, 3.63) is 33.8 Å². The number of hydrogen-bond donors (Lipinski definition) is 0. The van der Waals surface area contributed by atoms with Crippen LogP contribution in [0.15, 0.2) is 22.7 Å². The van der Waals surface area contributed by atoms with Crippen LogP contribution in [0.5, 0.6) is 0 Å². The molecule has 1 nitrogen and oxygen atoms in total. The molecule has 1 rings (SSSR count). The number of hydrogen-bond acceptors (Lipinski definition) is 1. The molecule has 14 heavy (non-hydrogen) atoms. The smallest absolute Gasteiger partial charge is 0.449 e. The molecule has 74 valence electrons. The molecule has 0 aliphatic rings. The Labute approximate surface area is 87.7 Å². The van der Waals surface area contributed by atoms with Gasteiger partial charge in [-0.15, -0.1) is 0 Å². The van der Waals surface area contributed by atoms with Crippen molar-refractivity contribution in [2.24, 2.45) is 0 Å². The minimum absolute atomic E-state index is 0.0307. The summed E-state index contributed by atoms with van der Waals surface area (Å²) in [6.07, 6.45) is -1.00. The van der Waals surface area contributed by atoms with Crippen LogP contribution >= 0.6 is 15.9 Å². The molecule has 1 aromatic rings. The Kier molecular flexibility index (Phi) is 3.22. The van der Waals surface area contributed by atoms with Gasteiger partial charge in [0.25, 0.3) is 0 Å². The summed E-state index contributed by atoms with van der Waals surface area (Å²) in [4.78, 5) is 0. The molecule has 0 saturated carbocycles. The first-order chi connectivity index (χ1) is 6.42. The van der Waals surface area contributed by atoms with Gasteiger partial charge >= 0.3 is 6.98 Å². The second-order valence-electron chi connectivity index (χ2n) is 2.83. The van der Waals surface area contributed by atoms with E-state index in [4.69, 9.17) is 5.26 Å². The summed E-state index contributed by atoms with van der Waals surface area (Å²) in [5.41, 5.74) is 0.0989. The molecular weight excluding hydrogens is 258 g/mol. The third-order valence-corrected chi connectivity index (χ3v) is 2.14. The third-order valence-electron chi connectivity index (χ3n) is 1.64. The van der Waals surface area contributed by atoms with Crippen LogP contribution in [-0.4, -0.2) is 6.98 Å². The highest BCUT2D eigenvalue weighted by molar-refractivity contribution is 9.10. The molecule has 0 unspecified atom stereocenters. The van der Waals surface area contributed by atoms with Crippen molar-refractivity contribution in [3.63, 3.8) is 0 Å². The van der Waals surface area contributed by atoms with Crippen molar-refractivity contribution in [1.29, 1.82) is 5.26 Å². The molecular formula is C8H5BBrF3N-. The molecule has 0 aromatic heterocycles. The summed E-state index contributed by atoms with van der Waals surface area (Å²) in [6, 6.07) is 5.94.